The molecule has 2 aromatic rings. The van der Waals surface area contributed by atoms with E-state index in [0.29, 0.717) is 24.6 Å². The van der Waals surface area contributed by atoms with Gasteiger partial charge in [0.15, 0.2) is 5.96 Å². The standard InChI is InChI=1S/C16H20F2N4OS/c1-3-12-9-20-14(24-12)10-22-16(19-2)21-8-11-6-4-5-7-13(11)23-15(17)18/h4-7,9,15H,3,8,10H2,1-2H3,(H2,19,21,22). The van der Waals surface area contributed by atoms with E-state index in [0.717, 1.165) is 11.4 Å². The van der Waals surface area contributed by atoms with Crippen molar-refractivity contribution >= 4 is 17.3 Å². The number of nitrogens with one attached hydrogen (secondary N) is 2. The molecule has 0 fully saturated rings. The highest BCUT2D eigenvalue weighted by Crippen LogP contribution is 2.20. The molecule has 2 N–H and O–H groups in total. The molecule has 1 aromatic heterocycles. The van der Waals surface area contributed by atoms with Crippen LogP contribution in [0.15, 0.2) is 35.5 Å². The smallest absolute Gasteiger partial charge is 0.387 e. The van der Waals surface area contributed by atoms with E-state index in [9.17, 15) is 8.78 Å². The van der Waals surface area contributed by atoms with Gasteiger partial charge in [-0.05, 0) is 12.5 Å². The second kappa shape index (κ2) is 9.17. The fourth-order valence-electron chi connectivity index (χ4n) is 2.01. The highest BCUT2D eigenvalue weighted by atomic mass is 32.1. The maximum absolute atomic E-state index is 12.4. The number of thiazole rings is 1. The number of hydrogen-bond acceptors (Lipinski definition) is 4. The summed E-state index contributed by atoms with van der Waals surface area (Å²) < 4.78 is 29.4. The van der Waals surface area contributed by atoms with E-state index >= 15 is 0 Å². The van der Waals surface area contributed by atoms with Gasteiger partial charge in [0.05, 0.1) is 6.54 Å². The zero-order valence-corrected chi connectivity index (χ0v) is 14.4. The fourth-order valence-corrected chi connectivity index (χ4v) is 2.82. The van der Waals surface area contributed by atoms with E-state index in [4.69, 9.17) is 0 Å². The van der Waals surface area contributed by atoms with Gasteiger partial charge >= 0.3 is 6.61 Å². The number of halogens is 2. The lowest BCUT2D eigenvalue weighted by Gasteiger charge is -2.14. The summed E-state index contributed by atoms with van der Waals surface area (Å²) in [6, 6.07) is 6.67. The van der Waals surface area contributed by atoms with Crippen LogP contribution in [0.3, 0.4) is 0 Å². The topological polar surface area (TPSA) is 58.5 Å². The van der Waals surface area contributed by atoms with Crippen LogP contribution in [0.25, 0.3) is 0 Å². The summed E-state index contributed by atoms with van der Waals surface area (Å²) in [4.78, 5) is 9.68. The number of ether oxygens (including phenoxy) is 1. The van der Waals surface area contributed by atoms with E-state index in [1.807, 2.05) is 6.20 Å². The Hall–Kier alpha value is -2.22. The Labute approximate surface area is 143 Å². The second-order valence-corrected chi connectivity index (χ2v) is 6.04. The molecule has 1 aromatic carbocycles. The third kappa shape index (κ3) is 5.45. The normalized spacial score (nSPS) is 11.6. The van der Waals surface area contributed by atoms with Crippen molar-refractivity contribution < 1.29 is 13.5 Å². The number of rotatable bonds is 7. The van der Waals surface area contributed by atoms with Crippen molar-refractivity contribution in [2.24, 2.45) is 4.99 Å². The van der Waals surface area contributed by atoms with Crippen molar-refractivity contribution in [3.8, 4) is 5.75 Å². The molecular weight excluding hydrogens is 334 g/mol. The predicted octanol–water partition coefficient (Wildman–Crippen LogP) is 3.17. The van der Waals surface area contributed by atoms with Gasteiger partial charge < -0.3 is 15.4 Å². The van der Waals surface area contributed by atoms with Crippen LogP contribution < -0.4 is 15.4 Å². The molecule has 0 bridgehead atoms. The number of para-hydroxylation sites is 1. The third-order valence-corrected chi connectivity index (χ3v) is 4.36. The summed E-state index contributed by atoms with van der Waals surface area (Å²) in [6.45, 7) is 0.117. The van der Waals surface area contributed by atoms with Crippen LogP contribution in [0.1, 0.15) is 22.4 Å². The van der Waals surface area contributed by atoms with E-state index in [1.54, 1.807) is 36.6 Å². The van der Waals surface area contributed by atoms with Gasteiger partial charge in [0.2, 0.25) is 0 Å². The summed E-state index contributed by atoms with van der Waals surface area (Å²) in [6.07, 6.45) is 2.83. The third-order valence-electron chi connectivity index (χ3n) is 3.22. The molecule has 0 amide bonds. The minimum Gasteiger partial charge on any atom is -0.434 e. The second-order valence-electron chi connectivity index (χ2n) is 4.84. The first-order valence-corrected chi connectivity index (χ1v) is 8.34. The molecule has 1 heterocycles. The Morgan fingerprint density at radius 2 is 2.04 bits per heavy atom. The number of benzene rings is 1. The van der Waals surface area contributed by atoms with Gasteiger partial charge in [-0.3, -0.25) is 4.99 Å². The molecule has 0 radical (unpaired) electrons. The van der Waals surface area contributed by atoms with Gasteiger partial charge in [-0.2, -0.15) is 8.78 Å². The van der Waals surface area contributed by atoms with Crippen LogP contribution in [-0.2, 0) is 19.5 Å². The minimum absolute atomic E-state index is 0.156. The first-order valence-electron chi connectivity index (χ1n) is 7.53. The highest BCUT2D eigenvalue weighted by molar-refractivity contribution is 7.11. The van der Waals surface area contributed by atoms with Crippen LogP contribution >= 0.6 is 11.3 Å². The van der Waals surface area contributed by atoms with Crippen molar-refractivity contribution in [1.29, 1.82) is 0 Å². The number of hydrogen-bond donors (Lipinski definition) is 2. The molecular formula is C16H20F2N4OS. The average Bonchev–Trinajstić information content (AvgIpc) is 3.04. The monoisotopic (exact) mass is 354 g/mol. The quantitative estimate of drug-likeness (QED) is 0.592. The molecule has 0 atom stereocenters. The van der Waals surface area contributed by atoms with E-state index in [2.05, 4.69) is 32.3 Å². The number of guanidine groups is 1. The summed E-state index contributed by atoms with van der Waals surface area (Å²) in [5.41, 5.74) is 0.628. The molecule has 0 spiro atoms. The molecule has 0 unspecified atom stereocenters. The number of aromatic nitrogens is 1. The lowest BCUT2D eigenvalue weighted by atomic mass is 10.2. The molecule has 0 aliphatic rings. The maximum Gasteiger partial charge on any atom is 0.387 e. The Bertz CT molecular complexity index is 676. The van der Waals surface area contributed by atoms with E-state index in [1.165, 1.54) is 10.9 Å². The minimum atomic E-state index is -2.85. The van der Waals surface area contributed by atoms with Crippen LogP contribution in [0, 0.1) is 0 Å². The zero-order chi connectivity index (χ0) is 17.4. The van der Waals surface area contributed by atoms with Gasteiger partial charge in [0.25, 0.3) is 0 Å². The van der Waals surface area contributed by atoms with E-state index < -0.39 is 6.61 Å². The first kappa shape index (κ1) is 18.1. The molecule has 0 aliphatic heterocycles. The van der Waals surface area contributed by atoms with Gasteiger partial charge in [0.1, 0.15) is 10.8 Å². The Morgan fingerprint density at radius 3 is 2.71 bits per heavy atom. The van der Waals surface area contributed by atoms with Crippen molar-refractivity contribution in [1.82, 2.24) is 15.6 Å². The summed E-state index contributed by atoms with van der Waals surface area (Å²) >= 11 is 1.65. The molecule has 0 aliphatic carbocycles. The van der Waals surface area contributed by atoms with E-state index in [-0.39, 0.29) is 5.75 Å². The molecule has 2 rings (SSSR count). The molecule has 5 nitrogen and oxygen atoms in total. The number of nitrogens with zero attached hydrogens (tertiary/aromatic N) is 2. The maximum atomic E-state index is 12.4. The SMILES string of the molecule is CCc1cnc(CNC(=NC)NCc2ccccc2OC(F)F)s1. The Balaban J connectivity index is 1.89. The summed E-state index contributed by atoms with van der Waals surface area (Å²) in [7, 11) is 1.65. The first-order chi connectivity index (χ1) is 11.6. The van der Waals surface area contributed by atoms with Gasteiger partial charge in [-0.15, -0.1) is 11.3 Å². The molecule has 130 valence electrons. The number of aliphatic imine (C=N–C) groups is 1. The molecule has 8 heteroatoms. The van der Waals surface area contributed by atoms with Crippen molar-refractivity contribution in [3.63, 3.8) is 0 Å². The van der Waals surface area contributed by atoms with Crippen LogP contribution in [-0.4, -0.2) is 24.6 Å². The Kier molecular flexibility index (Phi) is 6.92. The fraction of sp³-hybridized carbons (Fsp3) is 0.375. The molecule has 24 heavy (non-hydrogen) atoms. The number of aryl methyl sites for hydroxylation is 1. The molecule has 0 saturated carbocycles. The lowest BCUT2D eigenvalue weighted by Crippen LogP contribution is -2.36. The van der Waals surface area contributed by atoms with Gasteiger partial charge in [0, 0.05) is 30.2 Å². The zero-order valence-electron chi connectivity index (χ0n) is 13.6. The highest BCUT2D eigenvalue weighted by Gasteiger charge is 2.09. The largest absolute Gasteiger partial charge is 0.434 e. The Morgan fingerprint density at radius 1 is 1.29 bits per heavy atom. The predicted molar refractivity (Wildman–Crippen MR) is 91.6 cm³/mol. The van der Waals surface area contributed by atoms with Crippen LogP contribution in [0.4, 0.5) is 8.78 Å². The van der Waals surface area contributed by atoms with Crippen molar-refractivity contribution in [2.45, 2.75) is 33.0 Å². The van der Waals surface area contributed by atoms with Crippen molar-refractivity contribution in [3.05, 3.63) is 45.9 Å². The van der Waals surface area contributed by atoms with Crippen LogP contribution in [0.2, 0.25) is 0 Å². The van der Waals surface area contributed by atoms with Gasteiger partial charge in [-0.25, -0.2) is 4.98 Å². The van der Waals surface area contributed by atoms with Crippen LogP contribution in [0.5, 0.6) is 5.75 Å². The molecule has 0 saturated heterocycles. The van der Waals surface area contributed by atoms with Crippen molar-refractivity contribution in [2.75, 3.05) is 7.05 Å². The number of alkyl halides is 2. The summed E-state index contributed by atoms with van der Waals surface area (Å²) in [5.74, 6) is 0.720. The average molecular weight is 354 g/mol. The van der Waals surface area contributed by atoms with Gasteiger partial charge in [-0.1, -0.05) is 25.1 Å². The lowest BCUT2D eigenvalue weighted by molar-refractivity contribution is -0.0504. The summed E-state index contributed by atoms with van der Waals surface area (Å²) in [5, 5.41) is 7.20.